The lowest BCUT2D eigenvalue weighted by atomic mass is 10.2. The van der Waals surface area contributed by atoms with Crippen molar-refractivity contribution in [1.82, 2.24) is 40.1 Å². The van der Waals surface area contributed by atoms with E-state index >= 15 is 0 Å². The average Bonchev–Trinajstić information content (AvgIpc) is 3.40. The van der Waals surface area contributed by atoms with E-state index in [-0.39, 0.29) is 23.6 Å². The Morgan fingerprint density at radius 1 is 1.23 bits per heavy atom. The van der Waals surface area contributed by atoms with E-state index in [4.69, 9.17) is 4.52 Å². The topological polar surface area (TPSA) is 152 Å². The van der Waals surface area contributed by atoms with Crippen molar-refractivity contribution < 1.29 is 14.1 Å². The van der Waals surface area contributed by atoms with Crippen LogP contribution in [-0.4, -0.2) is 55.0 Å². The molecular weight excluding hydrogens is 390 g/mol. The van der Waals surface area contributed by atoms with E-state index in [0.717, 1.165) is 5.56 Å². The molecule has 0 aliphatic heterocycles. The molecule has 3 N–H and O–H groups in total. The van der Waals surface area contributed by atoms with Crippen molar-refractivity contribution in [3.8, 4) is 22.9 Å². The number of pyridine rings is 1. The first-order chi connectivity index (χ1) is 14.6. The Labute approximate surface area is 169 Å². The number of hydrogen-bond donors (Lipinski definition) is 3. The monoisotopic (exact) mass is 407 g/mol. The standard InChI is InChI=1S/C18H17N9O3/c1-3-21-18(29)24-12-9-27-13(23-12)7-11(10-5-4-6-20-8-10)22-15(27)14-25-17(30-26-14)16(28)19-2/h4-9H,3H2,1-2H3,(H,19,28)(H2,21,24,29). The highest BCUT2D eigenvalue weighted by Gasteiger charge is 2.20. The van der Waals surface area contributed by atoms with Gasteiger partial charge in [-0.05, 0) is 19.1 Å². The molecule has 0 saturated heterocycles. The molecule has 4 aromatic rings. The van der Waals surface area contributed by atoms with Crippen LogP contribution in [0.25, 0.3) is 28.6 Å². The van der Waals surface area contributed by atoms with Crippen LogP contribution in [0.2, 0.25) is 0 Å². The van der Waals surface area contributed by atoms with Crippen molar-refractivity contribution in [1.29, 1.82) is 0 Å². The third-order valence-corrected chi connectivity index (χ3v) is 4.04. The molecule has 12 heteroatoms. The molecule has 0 fully saturated rings. The SMILES string of the molecule is CCNC(=O)Nc1cn2c(-c3noc(C(=O)NC)n3)nc(-c3cccnc3)cc2n1. The number of rotatable bonds is 5. The molecule has 0 radical (unpaired) electrons. The number of nitrogens with zero attached hydrogens (tertiary/aromatic N) is 6. The second kappa shape index (κ2) is 7.95. The summed E-state index contributed by atoms with van der Waals surface area (Å²) < 4.78 is 6.63. The number of amides is 3. The summed E-state index contributed by atoms with van der Waals surface area (Å²) in [5.41, 5.74) is 1.79. The molecule has 3 amide bonds. The zero-order chi connectivity index (χ0) is 21.1. The number of fused-ring (bicyclic) bond motifs is 1. The van der Waals surface area contributed by atoms with E-state index in [0.29, 0.717) is 23.7 Å². The maximum Gasteiger partial charge on any atom is 0.320 e. The number of urea groups is 1. The van der Waals surface area contributed by atoms with Gasteiger partial charge in [-0.15, -0.1) is 0 Å². The Hall–Kier alpha value is -4.35. The first-order valence-electron chi connectivity index (χ1n) is 9.00. The molecule has 0 spiro atoms. The van der Waals surface area contributed by atoms with Gasteiger partial charge in [-0.2, -0.15) is 4.98 Å². The molecule has 0 bridgehead atoms. The number of carbonyl (C=O) groups excluding carboxylic acids is 2. The van der Waals surface area contributed by atoms with Gasteiger partial charge in [-0.25, -0.2) is 14.8 Å². The fourth-order valence-corrected chi connectivity index (χ4v) is 2.70. The minimum Gasteiger partial charge on any atom is -0.351 e. The fourth-order valence-electron chi connectivity index (χ4n) is 2.70. The van der Waals surface area contributed by atoms with Crippen molar-refractivity contribution in [2.45, 2.75) is 6.92 Å². The summed E-state index contributed by atoms with van der Waals surface area (Å²) in [4.78, 5) is 40.9. The van der Waals surface area contributed by atoms with Gasteiger partial charge in [0, 0.05) is 37.6 Å². The lowest BCUT2D eigenvalue weighted by Crippen LogP contribution is -2.28. The van der Waals surface area contributed by atoms with Crippen LogP contribution in [0.4, 0.5) is 10.6 Å². The molecule has 0 aromatic carbocycles. The quantitative estimate of drug-likeness (QED) is 0.448. The van der Waals surface area contributed by atoms with Crippen molar-refractivity contribution in [3.63, 3.8) is 0 Å². The Balaban J connectivity index is 1.85. The lowest BCUT2D eigenvalue weighted by Gasteiger charge is -2.05. The molecule has 0 atom stereocenters. The maximum atomic E-state index is 11.9. The highest BCUT2D eigenvalue weighted by molar-refractivity contribution is 5.90. The molecule has 0 aliphatic carbocycles. The van der Waals surface area contributed by atoms with Crippen LogP contribution >= 0.6 is 0 Å². The molecular formula is C18H17N9O3. The molecule has 12 nitrogen and oxygen atoms in total. The largest absolute Gasteiger partial charge is 0.351 e. The van der Waals surface area contributed by atoms with Crippen molar-refractivity contribution >= 4 is 23.4 Å². The smallest absolute Gasteiger partial charge is 0.320 e. The minimum absolute atomic E-state index is 0.0892. The molecule has 4 rings (SSSR count). The number of imidazole rings is 1. The highest BCUT2D eigenvalue weighted by atomic mass is 16.5. The summed E-state index contributed by atoms with van der Waals surface area (Å²) >= 11 is 0. The third-order valence-electron chi connectivity index (χ3n) is 4.04. The summed E-state index contributed by atoms with van der Waals surface area (Å²) in [5.74, 6) is -0.0389. The second-order valence-corrected chi connectivity index (χ2v) is 6.05. The average molecular weight is 407 g/mol. The van der Waals surface area contributed by atoms with Crippen LogP contribution in [0, 0.1) is 0 Å². The van der Waals surface area contributed by atoms with Gasteiger partial charge >= 0.3 is 17.8 Å². The number of nitrogens with one attached hydrogen (secondary N) is 3. The Bertz CT molecular complexity index is 1220. The summed E-state index contributed by atoms with van der Waals surface area (Å²) in [6, 6.07) is 4.98. The fraction of sp³-hybridized carbons (Fsp3) is 0.167. The normalized spacial score (nSPS) is 10.7. The van der Waals surface area contributed by atoms with Crippen LogP contribution in [0.5, 0.6) is 0 Å². The Morgan fingerprint density at radius 2 is 2.10 bits per heavy atom. The lowest BCUT2D eigenvalue weighted by molar-refractivity contribution is 0.0919. The van der Waals surface area contributed by atoms with Gasteiger partial charge < -0.3 is 15.2 Å². The zero-order valence-corrected chi connectivity index (χ0v) is 16.1. The molecule has 4 heterocycles. The van der Waals surface area contributed by atoms with E-state index in [1.54, 1.807) is 35.1 Å². The molecule has 30 heavy (non-hydrogen) atoms. The summed E-state index contributed by atoms with van der Waals surface area (Å²) in [6.45, 7) is 2.29. The number of hydrogen-bond acceptors (Lipinski definition) is 8. The molecule has 0 saturated carbocycles. The van der Waals surface area contributed by atoms with Crippen LogP contribution in [-0.2, 0) is 0 Å². The first kappa shape index (κ1) is 19.0. The summed E-state index contributed by atoms with van der Waals surface area (Å²) in [5, 5.41) is 11.6. The predicted molar refractivity (Wildman–Crippen MR) is 106 cm³/mol. The van der Waals surface area contributed by atoms with Gasteiger partial charge in [0.2, 0.25) is 5.82 Å². The van der Waals surface area contributed by atoms with Crippen molar-refractivity contribution in [2.75, 3.05) is 18.9 Å². The minimum atomic E-state index is -0.516. The van der Waals surface area contributed by atoms with Crippen molar-refractivity contribution in [3.05, 3.63) is 42.7 Å². The molecule has 0 aliphatic rings. The Morgan fingerprint density at radius 3 is 2.83 bits per heavy atom. The van der Waals surface area contributed by atoms with Gasteiger partial charge in [0.05, 0.1) is 11.9 Å². The van der Waals surface area contributed by atoms with Gasteiger partial charge in [0.25, 0.3) is 0 Å². The molecule has 4 aromatic heterocycles. The van der Waals surface area contributed by atoms with E-state index in [1.165, 1.54) is 7.05 Å². The number of aromatic nitrogens is 6. The van der Waals surface area contributed by atoms with E-state index < -0.39 is 5.91 Å². The maximum absolute atomic E-state index is 11.9. The van der Waals surface area contributed by atoms with Crippen LogP contribution in [0.3, 0.4) is 0 Å². The van der Waals surface area contributed by atoms with Gasteiger partial charge in [0.15, 0.2) is 11.6 Å². The first-order valence-corrected chi connectivity index (χ1v) is 9.00. The number of anilines is 1. The van der Waals surface area contributed by atoms with Crippen molar-refractivity contribution in [2.24, 2.45) is 0 Å². The van der Waals surface area contributed by atoms with Gasteiger partial charge in [-0.1, -0.05) is 5.16 Å². The van der Waals surface area contributed by atoms with E-state index in [9.17, 15) is 9.59 Å². The summed E-state index contributed by atoms with van der Waals surface area (Å²) in [6.07, 6.45) is 4.89. The van der Waals surface area contributed by atoms with Gasteiger partial charge in [-0.3, -0.25) is 19.5 Å². The van der Waals surface area contributed by atoms with E-state index in [2.05, 4.69) is 41.0 Å². The van der Waals surface area contributed by atoms with Crippen LogP contribution in [0.1, 0.15) is 17.6 Å². The Kier molecular flexibility index (Phi) is 5.03. The number of carbonyl (C=O) groups is 2. The van der Waals surface area contributed by atoms with E-state index in [1.807, 2.05) is 13.0 Å². The third kappa shape index (κ3) is 3.65. The molecule has 152 valence electrons. The van der Waals surface area contributed by atoms with Gasteiger partial charge in [0.1, 0.15) is 5.65 Å². The van der Waals surface area contributed by atoms with Crippen LogP contribution < -0.4 is 16.0 Å². The zero-order valence-electron chi connectivity index (χ0n) is 16.1. The second-order valence-electron chi connectivity index (χ2n) is 6.05. The predicted octanol–water partition coefficient (Wildman–Crippen LogP) is 1.34. The summed E-state index contributed by atoms with van der Waals surface area (Å²) in [7, 11) is 1.46. The van der Waals surface area contributed by atoms with Crippen LogP contribution in [0.15, 0.2) is 41.3 Å². The highest BCUT2D eigenvalue weighted by Crippen LogP contribution is 2.24. The molecule has 0 unspecified atom stereocenters.